The standard InChI is InChI=1S/C26H29F2N5O2/c1-31(25(34)24(33-18-29-17-30-33)19-7-8-22(27)23(28)15-19)11-4-12-32-13-9-26(10-14-32)21-6-3-2-5-20(21)16-35-26/h2-3,5-8,15,17-18,24H,4,9-14,16H2,1H3. The average Bonchev–Trinajstić information content (AvgIpc) is 3.52. The monoisotopic (exact) mass is 481 g/mol. The van der Waals surface area contributed by atoms with Gasteiger partial charge in [-0.25, -0.2) is 18.4 Å². The number of likely N-dealkylation sites (tertiary alicyclic amines) is 1. The zero-order valence-corrected chi connectivity index (χ0v) is 19.7. The van der Waals surface area contributed by atoms with Crippen LogP contribution in [0.1, 0.15) is 42.0 Å². The molecule has 0 N–H and O–H groups in total. The summed E-state index contributed by atoms with van der Waals surface area (Å²) in [7, 11) is 1.72. The lowest BCUT2D eigenvalue weighted by Gasteiger charge is -2.39. The van der Waals surface area contributed by atoms with Gasteiger partial charge in [-0.1, -0.05) is 30.3 Å². The molecule has 0 aliphatic carbocycles. The van der Waals surface area contributed by atoms with Gasteiger partial charge in [0.1, 0.15) is 12.7 Å². The van der Waals surface area contributed by atoms with Crippen LogP contribution >= 0.6 is 0 Å². The fourth-order valence-corrected chi connectivity index (χ4v) is 5.23. The molecule has 1 amide bonds. The maximum atomic E-state index is 13.9. The van der Waals surface area contributed by atoms with Crippen molar-refractivity contribution in [2.24, 2.45) is 0 Å². The van der Waals surface area contributed by atoms with Crippen LogP contribution in [0.4, 0.5) is 8.78 Å². The predicted molar refractivity (Wildman–Crippen MR) is 125 cm³/mol. The molecule has 9 heteroatoms. The first-order valence-electron chi connectivity index (χ1n) is 12.0. The summed E-state index contributed by atoms with van der Waals surface area (Å²) in [5, 5.41) is 4.07. The highest BCUT2D eigenvalue weighted by Crippen LogP contribution is 2.43. The Morgan fingerprint density at radius 2 is 1.97 bits per heavy atom. The van der Waals surface area contributed by atoms with E-state index in [1.807, 2.05) is 0 Å². The number of carbonyl (C=O) groups excluding carboxylic acids is 1. The number of likely N-dealkylation sites (N-methyl/N-ethyl adjacent to an activating group) is 1. The molecule has 3 heterocycles. The summed E-state index contributed by atoms with van der Waals surface area (Å²) in [6, 6.07) is 11.1. The summed E-state index contributed by atoms with van der Waals surface area (Å²) >= 11 is 0. The van der Waals surface area contributed by atoms with Crippen LogP contribution in [0, 0.1) is 11.6 Å². The average molecular weight is 482 g/mol. The molecule has 7 nitrogen and oxygen atoms in total. The van der Waals surface area contributed by atoms with Crippen LogP contribution in [-0.4, -0.2) is 63.7 Å². The third-order valence-electron chi connectivity index (χ3n) is 7.21. The van der Waals surface area contributed by atoms with Gasteiger partial charge in [0.2, 0.25) is 0 Å². The molecule has 2 aliphatic heterocycles. The third-order valence-corrected chi connectivity index (χ3v) is 7.21. The molecule has 0 saturated carbocycles. The number of hydrogen-bond donors (Lipinski definition) is 0. The van der Waals surface area contributed by atoms with E-state index in [1.54, 1.807) is 11.9 Å². The van der Waals surface area contributed by atoms with Gasteiger partial charge in [0.05, 0.1) is 12.2 Å². The number of hydrogen-bond acceptors (Lipinski definition) is 5. The molecule has 0 bridgehead atoms. The second kappa shape index (κ2) is 9.83. The Morgan fingerprint density at radius 1 is 1.17 bits per heavy atom. The van der Waals surface area contributed by atoms with E-state index in [0.29, 0.717) is 18.7 Å². The molecule has 35 heavy (non-hydrogen) atoms. The van der Waals surface area contributed by atoms with E-state index in [1.165, 1.54) is 34.5 Å². The molecular formula is C26H29F2N5O2. The molecule has 3 aromatic rings. The zero-order chi connectivity index (χ0) is 24.4. The first kappa shape index (κ1) is 23.6. The molecule has 1 spiro atoms. The largest absolute Gasteiger partial charge is 0.365 e. The second-order valence-electron chi connectivity index (χ2n) is 9.35. The van der Waals surface area contributed by atoms with Gasteiger partial charge in [0.25, 0.3) is 5.91 Å². The van der Waals surface area contributed by atoms with E-state index in [9.17, 15) is 13.6 Å². The number of nitrogens with zero attached hydrogens (tertiary/aromatic N) is 5. The van der Waals surface area contributed by atoms with Crippen molar-refractivity contribution in [3.05, 3.63) is 83.4 Å². The summed E-state index contributed by atoms with van der Waals surface area (Å²) < 4.78 is 35.0. The Labute approximate surface area is 203 Å². The van der Waals surface area contributed by atoms with Crippen LogP contribution in [0.15, 0.2) is 55.1 Å². The van der Waals surface area contributed by atoms with E-state index in [0.717, 1.165) is 51.0 Å². The van der Waals surface area contributed by atoms with Gasteiger partial charge in [0, 0.05) is 26.7 Å². The Hall–Kier alpha value is -3.17. The van der Waals surface area contributed by atoms with E-state index in [-0.39, 0.29) is 11.5 Å². The number of fused-ring (bicyclic) bond motifs is 2. The highest BCUT2D eigenvalue weighted by atomic mass is 19.2. The minimum Gasteiger partial charge on any atom is -0.365 e. The first-order chi connectivity index (χ1) is 17.0. The van der Waals surface area contributed by atoms with Gasteiger partial charge in [-0.2, -0.15) is 5.10 Å². The summed E-state index contributed by atoms with van der Waals surface area (Å²) in [5.41, 5.74) is 2.80. The molecule has 1 fully saturated rings. The molecule has 184 valence electrons. The maximum absolute atomic E-state index is 13.9. The van der Waals surface area contributed by atoms with Crippen LogP contribution in [0.5, 0.6) is 0 Å². The SMILES string of the molecule is CN(CCCN1CCC2(CC1)OCc1ccccc12)C(=O)C(c1ccc(F)c(F)c1)n1cncn1. The number of halogens is 2. The normalized spacial score (nSPS) is 17.9. The molecule has 1 unspecified atom stereocenters. The van der Waals surface area contributed by atoms with Gasteiger partial charge in [-0.15, -0.1) is 0 Å². The van der Waals surface area contributed by atoms with Crippen LogP contribution in [-0.2, 0) is 21.7 Å². The van der Waals surface area contributed by atoms with Crippen molar-refractivity contribution in [2.45, 2.75) is 37.5 Å². The molecule has 2 aliphatic rings. The fourth-order valence-electron chi connectivity index (χ4n) is 5.23. The number of amides is 1. The van der Waals surface area contributed by atoms with Crippen molar-refractivity contribution < 1.29 is 18.3 Å². The number of ether oxygens (including phenoxy) is 1. The van der Waals surface area contributed by atoms with Gasteiger partial charge < -0.3 is 14.5 Å². The maximum Gasteiger partial charge on any atom is 0.251 e. The minimum absolute atomic E-state index is 0.157. The molecule has 5 rings (SSSR count). The molecule has 1 saturated heterocycles. The third kappa shape index (κ3) is 4.70. The lowest BCUT2D eigenvalue weighted by molar-refractivity contribution is -0.132. The quantitative estimate of drug-likeness (QED) is 0.517. The number of aromatic nitrogens is 3. The van der Waals surface area contributed by atoms with Crippen LogP contribution in [0.2, 0.25) is 0 Å². The Balaban J connectivity index is 1.17. The summed E-state index contributed by atoms with van der Waals surface area (Å²) in [6.45, 7) is 3.99. The van der Waals surface area contributed by atoms with Crippen LogP contribution in [0.3, 0.4) is 0 Å². The van der Waals surface area contributed by atoms with Crippen molar-refractivity contribution in [1.82, 2.24) is 24.6 Å². The lowest BCUT2D eigenvalue weighted by Crippen LogP contribution is -2.43. The number of piperidine rings is 1. The second-order valence-corrected chi connectivity index (χ2v) is 9.35. The van der Waals surface area contributed by atoms with Crippen molar-refractivity contribution in [3.63, 3.8) is 0 Å². The smallest absolute Gasteiger partial charge is 0.251 e. The highest BCUT2D eigenvalue weighted by molar-refractivity contribution is 5.83. The molecular weight excluding hydrogens is 452 g/mol. The van der Waals surface area contributed by atoms with Crippen LogP contribution < -0.4 is 0 Å². The van der Waals surface area contributed by atoms with Gasteiger partial charge in [-0.05, 0) is 54.6 Å². The number of benzene rings is 2. The van der Waals surface area contributed by atoms with E-state index < -0.39 is 17.7 Å². The highest BCUT2D eigenvalue weighted by Gasteiger charge is 2.42. The molecule has 0 radical (unpaired) electrons. The summed E-state index contributed by atoms with van der Waals surface area (Å²) in [5.74, 6) is -2.21. The van der Waals surface area contributed by atoms with Crippen molar-refractivity contribution in [1.29, 1.82) is 0 Å². The predicted octanol–water partition coefficient (Wildman–Crippen LogP) is 3.52. The van der Waals surface area contributed by atoms with Crippen molar-refractivity contribution >= 4 is 5.91 Å². The lowest BCUT2D eigenvalue weighted by atomic mass is 9.84. The minimum atomic E-state index is -1.00. The number of carbonyl (C=O) groups is 1. The number of rotatable bonds is 7. The topological polar surface area (TPSA) is 63.5 Å². The Bertz CT molecular complexity index is 1180. The van der Waals surface area contributed by atoms with Crippen molar-refractivity contribution in [3.8, 4) is 0 Å². The van der Waals surface area contributed by atoms with Gasteiger partial charge >= 0.3 is 0 Å². The Kier molecular flexibility index (Phi) is 6.62. The summed E-state index contributed by atoms with van der Waals surface area (Å²) in [4.78, 5) is 21.2. The molecule has 2 aromatic carbocycles. The fraction of sp³-hybridized carbons (Fsp3) is 0.423. The van der Waals surface area contributed by atoms with Crippen LogP contribution in [0.25, 0.3) is 0 Å². The van der Waals surface area contributed by atoms with Gasteiger partial charge in [-0.3, -0.25) is 4.79 Å². The van der Waals surface area contributed by atoms with E-state index in [4.69, 9.17) is 4.74 Å². The Morgan fingerprint density at radius 3 is 2.71 bits per heavy atom. The summed E-state index contributed by atoms with van der Waals surface area (Å²) in [6.07, 6.45) is 5.45. The van der Waals surface area contributed by atoms with E-state index in [2.05, 4.69) is 39.2 Å². The first-order valence-corrected chi connectivity index (χ1v) is 12.0. The molecule has 1 aromatic heterocycles. The zero-order valence-electron chi connectivity index (χ0n) is 19.7. The van der Waals surface area contributed by atoms with Crippen molar-refractivity contribution in [2.75, 3.05) is 33.2 Å². The van der Waals surface area contributed by atoms with Gasteiger partial charge in [0.15, 0.2) is 17.7 Å². The molecule has 1 atom stereocenters. The van der Waals surface area contributed by atoms with E-state index >= 15 is 0 Å².